The lowest BCUT2D eigenvalue weighted by Crippen LogP contribution is -2.48. The molecule has 1 aliphatic heterocycles. The molecule has 0 spiro atoms. The lowest BCUT2D eigenvalue weighted by molar-refractivity contribution is 0.393. The molecule has 0 aliphatic carbocycles. The van der Waals surface area contributed by atoms with Crippen molar-refractivity contribution in [3.05, 3.63) is 40.1 Å². The van der Waals surface area contributed by atoms with Gasteiger partial charge in [-0.05, 0) is 38.3 Å². The number of guanidine groups is 1. The number of hydrogen-bond acceptors (Lipinski definition) is 5. The summed E-state index contributed by atoms with van der Waals surface area (Å²) in [7, 11) is 3.38. The van der Waals surface area contributed by atoms with Crippen LogP contribution in [0.2, 0.25) is 0 Å². The first-order chi connectivity index (χ1) is 14.6. The SMILES string of the molecule is CCNC(=NCc1ccc(CC)s1)NC1CCN(c2cc(OC)cc(OC)c2)CC1. The fourth-order valence-electron chi connectivity index (χ4n) is 3.62. The maximum Gasteiger partial charge on any atom is 0.191 e. The lowest BCUT2D eigenvalue weighted by Gasteiger charge is -2.34. The fraction of sp³-hybridized carbons (Fsp3) is 0.522. The van der Waals surface area contributed by atoms with Crippen LogP contribution in [-0.2, 0) is 13.0 Å². The number of thiophene rings is 1. The molecule has 30 heavy (non-hydrogen) atoms. The van der Waals surface area contributed by atoms with Gasteiger partial charge in [0.05, 0.1) is 20.8 Å². The van der Waals surface area contributed by atoms with Gasteiger partial charge in [-0.3, -0.25) is 0 Å². The Bertz CT molecular complexity index is 806. The third kappa shape index (κ3) is 6.05. The third-order valence-electron chi connectivity index (χ3n) is 5.34. The van der Waals surface area contributed by atoms with Crippen molar-refractivity contribution in [1.82, 2.24) is 10.6 Å². The van der Waals surface area contributed by atoms with Crippen LogP contribution in [0.3, 0.4) is 0 Å². The monoisotopic (exact) mass is 430 g/mol. The van der Waals surface area contributed by atoms with Gasteiger partial charge in [0.2, 0.25) is 0 Å². The molecule has 0 unspecified atom stereocenters. The van der Waals surface area contributed by atoms with Crippen LogP contribution < -0.4 is 25.0 Å². The third-order valence-corrected chi connectivity index (χ3v) is 6.55. The first-order valence-electron chi connectivity index (χ1n) is 10.8. The van der Waals surface area contributed by atoms with Crippen molar-refractivity contribution >= 4 is 23.0 Å². The van der Waals surface area contributed by atoms with E-state index in [-0.39, 0.29) is 0 Å². The molecule has 1 aromatic heterocycles. The van der Waals surface area contributed by atoms with Crippen LogP contribution in [-0.4, -0.2) is 45.9 Å². The van der Waals surface area contributed by atoms with Crippen molar-refractivity contribution in [3.8, 4) is 11.5 Å². The van der Waals surface area contributed by atoms with E-state index >= 15 is 0 Å². The number of anilines is 1. The summed E-state index contributed by atoms with van der Waals surface area (Å²) in [5.41, 5.74) is 1.15. The molecule has 3 rings (SSSR count). The highest BCUT2D eigenvalue weighted by atomic mass is 32.1. The molecule has 164 valence electrons. The van der Waals surface area contributed by atoms with Gasteiger partial charge in [0, 0.05) is 59.3 Å². The first-order valence-corrected chi connectivity index (χ1v) is 11.6. The number of nitrogens with one attached hydrogen (secondary N) is 2. The Labute approximate surface area is 184 Å². The molecule has 0 amide bonds. The van der Waals surface area contributed by atoms with E-state index in [0.29, 0.717) is 6.04 Å². The molecule has 2 N–H and O–H groups in total. The maximum absolute atomic E-state index is 5.42. The van der Waals surface area contributed by atoms with Crippen molar-refractivity contribution < 1.29 is 9.47 Å². The van der Waals surface area contributed by atoms with Crippen LogP contribution in [0.15, 0.2) is 35.3 Å². The molecule has 2 aromatic rings. The number of methoxy groups -OCH3 is 2. The van der Waals surface area contributed by atoms with E-state index in [0.717, 1.165) is 68.6 Å². The van der Waals surface area contributed by atoms with Crippen LogP contribution >= 0.6 is 11.3 Å². The summed E-state index contributed by atoms with van der Waals surface area (Å²) < 4.78 is 10.8. The molecule has 0 radical (unpaired) electrons. The Balaban J connectivity index is 1.57. The van der Waals surface area contributed by atoms with Gasteiger partial charge in [-0.2, -0.15) is 0 Å². The number of aryl methyl sites for hydroxylation is 1. The summed E-state index contributed by atoms with van der Waals surface area (Å²) in [4.78, 5) is 9.93. The molecule has 2 heterocycles. The van der Waals surface area contributed by atoms with Gasteiger partial charge < -0.3 is 25.0 Å². The molecule has 1 aromatic carbocycles. The predicted octanol–water partition coefficient (Wildman–Crippen LogP) is 4.05. The molecule has 0 atom stereocenters. The minimum atomic E-state index is 0.418. The van der Waals surface area contributed by atoms with Gasteiger partial charge in [0.25, 0.3) is 0 Å². The number of aliphatic imine (C=N–C) groups is 1. The first kappa shape index (κ1) is 22.3. The normalized spacial score (nSPS) is 15.2. The Hall–Kier alpha value is -2.41. The summed E-state index contributed by atoms with van der Waals surface area (Å²) >= 11 is 1.85. The maximum atomic E-state index is 5.42. The Kier molecular flexibility index (Phi) is 8.25. The molecule has 1 aliphatic rings. The molecule has 7 heteroatoms. The smallest absolute Gasteiger partial charge is 0.191 e. The standard InChI is InChI=1S/C23H34N4O2S/c1-5-21-7-8-22(30-21)16-25-23(24-6-2)26-17-9-11-27(12-10-17)18-13-19(28-3)15-20(14-18)29-4/h7-8,13-15,17H,5-6,9-12,16H2,1-4H3,(H2,24,25,26). The summed E-state index contributed by atoms with van der Waals surface area (Å²) in [6, 6.07) is 10.9. The zero-order valence-corrected chi connectivity index (χ0v) is 19.3. The second kappa shape index (κ2) is 11.1. The second-order valence-electron chi connectivity index (χ2n) is 7.39. The average molecular weight is 431 g/mol. The highest BCUT2D eigenvalue weighted by Crippen LogP contribution is 2.30. The van der Waals surface area contributed by atoms with E-state index < -0.39 is 0 Å². The highest BCUT2D eigenvalue weighted by molar-refractivity contribution is 7.11. The van der Waals surface area contributed by atoms with E-state index in [1.54, 1.807) is 14.2 Å². The summed E-state index contributed by atoms with van der Waals surface area (Å²) in [6.45, 7) is 7.85. The number of ether oxygens (including phenoxy) is 2. The van der Waals surface area contributed by atoms with Crippen molar-refractivity contribution in [2.75, 3.05) is 38.8 Å². The highest BCUT2D eigenvalue weighted by Gasteiger charge is 2.21. The van der Waals surface area contributed by atoms with E-state index in [9.17, 15) is 0 Å². The number of rotatable bonds is 8. The van der Waals surface area contributed by atoms with Crippen LogP contribution in [0.4, 0.5) is 5.69 Å². The molecular weight excluding hydrogens is 396 g/mol. The van der Waals surface area contributed by atoms with E-state index in [4.69, 9.17) is 14.5 Å². The zero-order chi connectivity index (χ0) is 21.3. The van der Waals surface area contributed by atoms with Gasteiger partial charge in [0.15, 0.2) is 5.96 Å². The van der Waals surface area contributed by atoms with E-state index in [2.05, 4.69) is 53.6 Å². The second-order valence-corrected chi connectivity index (χ2v) is 8.65. The van der Waals surface area contributed by atoms with Gasteiger partial charge in [-0.1, -0.05) is 6.92 Å². The van der Waals surface area contributed by atoms with Crippen molar-refractivity contribution in [2.24, 2.45) is 4.99 Å². The van der Waals surface area contributed by atoms with E-state index in [1.165, 1.54) is 9.75 Å². The van der Waals surface area contributed by atoms with Crippen LogP contribution in [0.1, 0.15) is 36.4 Å². The Morgan fingerprint density at radius 3 is 2.30 bits per heavy atom. The van der Waals surface area contributed by atoms with E-state index in [1.807, 2.05) is 17.4 Å². The fourth-order valence-corrected chi connectivity index (χ4v) is 4.51. The summed E-state index contributed by atoms with van der Waals surface area (Å²) in [5, 5.41) is 7.02. The minimum Gasteiger partial charge on any atom is -0.497 e. The zero-order valence-electron chi connectivity index (χ0n) is 18.5. The number of hydrogen-bond donors (Lipinski definition) is 2. The molecule has 6 nitrogen and oxygen atoms in total. The Morgan fingerprint density at radius 2 is 1.73 bits per heavy atom. The van der Waals surface area contributed by atoms with Crippen molar-refractivity contribution in [3.63, 3.8) is 0 Å². The van der Waals surface area contributed by atoms with Gasteiger partial charge >= 0.3 is 0 Å². The number of nitrogens with zero attached hydrogens (tertiary/aromatic N) is 2. The quantitative estimate of drug-likeness (QED) is 0.489. The van der Waals surface area contributed by atoms with Crippen LogP contribution in [0.25, 0.3) is 0 Å². The van der Waals surface area contributed by atoms with Crippen molar-refractivity contribution in [2.45, 2.75) is 45.7 Å². The number of piperidine rings is 1. The topological polar surface area (TPSA) is 58.1 Å². The van der Waals surface area contributed by atoms with Gasteiger partial charge in [-0.15, -0.1) is 11.3 Å². The molecule has 0 saturated carbocycles. The Morgan fingerprint density at radius 1 is 1.07 bits per heavy atom. The van der Waals surface area contributed by atoms with Crippen LogP contribution in [0.5, 0.6) is 11.5 Å². The molecular formula is C23H34N4O2S. The van der Waals surface area contributed by atoms with Crippen molar-refractivity contribution in [1.29, 1.82) is 0 Å². The van der Waals surface area contributed by atoms with Gasteiger partial charge in [0.1, 0.15) is 11.5 Å². The predicted molar refractivity (Wildman–Crippen MR) is 126 cm³/mol. The molecule has 0 bridgehead atoms. The largest absolute Gasteiger partial charge is 0.497 e. The molecule has 1 saturated heterocycles. The lowest BCUT2D eigenvalue weighted by atomic mass is 10.0. The van der Waals surface area contributed by atoms with Gasteiger partial charge in [-0.25, -0.2) is 4.99 Å². The summed E-state index contributed by atoms with van der Waals surface area (Å²) in [5.74, 6) is 2.56. The van der Waals surface area contributed by atoms with Crippen LogP contribution in [0, 0.1) is 0 Å². The average Bonchev–Trinajstić information content (AvgIpc) is 3.26. The minimum absolute atomic E-state index is 0.418. The molecule has 1 fully saturated rings. The summed E-state index contributed by atoms with van der Waals surface area (Å²) in [6.07, 6.45) is 3.20. The number of benzene rings is 1.